The predicted octanol–water partition coefficient (Wildman–Crippen LogP) is 1.74. The Morgan fingerprint density at radius 3 is 2.20 bits per heavy atom. The summed E-state index contributed by atoms with van der Waals surface area (Å²) in [7, 11) is -3.83. The number of benzene rings is 1. The Bertz CT molecular complexity index is 503. The summed E-state index contributed by atoms with van der Waals surface area (Å²) in [5.74, 6) is 0. The van der Waals surface area contributed by atoms with Crippen LogP contribution in [0.2, 0.25) is 5.02 Å². The molecule has 0 aliphatic heterocycles. The van der Waals surface area contributed by atoms with Crippen LogP contribution < -0.4 is 10.0 Å². The van der Waals surface area contributed by atoms with Gasteiger partial charge in [0.25, 0.3) is 10.0 Å². The molecule has 8 heteroatoms. The molecule has 0 aliphatic carbocycles. The highest BCUT2D eigenvalue weighted by molar-refractivity contribution is 7.90. The van der Waals surface area contributed by atoms with E-state index in [1.807, 2.05) is 11.6 Å². The summed E-state index contributed by atoms with van der Waals surface area (Å²) in [4.78, 5) is 11.2. The molecule has 0 fully saturated rings. The molecule has 0 aliphatic rings. The van der Waals surface area contributed by atoms with Crippen LogP contribution >= 0.6 is 11.6 Å². The number of hydrogen-bond acceptors (Lipinski definition) is 4. The molecule has 0 atom stereocenters. The van der Waals surface area contributed by atoms with E-state index in [1.165, 1.54) is 24.3 Å². The molecule has 1 aromatic carbocycles. The van der Waals surface area contributed by atoms with Gasteiger partial charge in [-0.25, -0.2) is 17.9 Å². The highest BCUT2D eigenvalue weighted by atomic mass is 35.5. The molecule has 3 N–H and O–H groups in total. The first-order valence-corrected chi connectivity index (χ1v) is 7.90. The van der Waals surface area contributed by atoms with Gasteiger partial charge >= 0.3 is 6.03 Å². The smallest absolute Gasteiger partial charge is 0.328 e. The Morgan fingerprint density at radius 1 is 1.25 bits per heavy atom. The lowest BCUT2D eigenvalue weighted by Gasteiger charge is -2.07. The summed E-state index contributed by atoms with van der Waals surface area (Å²) >= 11 is 5.64. The minimum atomic E-state index is -3.83. The number of carbonyl (C=O) groups excluding carboxylic acids is 1. The van der Waals surface area contributed by atoms with Crippen molar-refractivity contribution in [3.63, 3.8) is 0 Å². The number of rotatable bonds is 4. The van der Waals surface area contributed by atoms with E-state index in [2.05, 4.69) is 5.32 Å². The van der Waals surface area contributed by atoms with E-state index in [1.54, 1.807) is 6.92 Å². The van der Waals surface area contributed by atoms with Gasteiger partial charge in [0.1, 0.15) is 0 Å². The van der Waals surface area contributed by atoms with Crippen LogP contribution in [0.25, 0.3) is 0 Å². The first-order chi connectivity index (χ1) is 9.37. The standard InChI is InChI=1S/C10H13ClN2O3S.C2H6O/c1-2-7-12-10(14)13-17(15,16)9-5-3-8(11)4-6-9;1-2-3/h3-6H,2,7H2,1H3,(H2,12,13,14);3H,2H2,1H3. The third-order valence-electron chi connectivity index (χ3n) is 1.89. The Balaban J connectivity index is 0.00000110. The van der Waals surface area contributed by atoms with E-state index >= 15 is 0 Å². The van der Waals surface area contributed by atoms with Gasteiger partial charge in [-0.1, -0.05) is 18.5 Å². The average molecular weight is 323 g/mol. The minimum Gasteiger partial charge on any atom is -0.397 e. The summed E-state index contributed by atoms with van der Waals surface area (Å²) in [6.45, 7) is 4.22. The zero-order chi connectivity index (χ0) is 15.6. The van der Waals surface area contributed by atoms with Crippen molar-refractivity contribution in [3.8, 4) is 0 Å². The lowest BCUT2D eigenvalue weighted by molar-refractivity contribution is 0.246. The molecule has 0 heterocycles. The van der Waals surface area contributed by atoms with Crippen molar-refractivity contribution in [2.45, 2.75) is 25.2 Å². The number of aliphatic hydroxyl groups excluding tert-OH is 1. The van der Waals surface area contributed by atoms with Gasteiger partial charge in [-0.05, 0) is 37.6 Å². The molecule has 0 bridgehead atoms. The fourth-order valence-corrected chi connectivity index (χ4v) is 2.12. The van der Waals surface area contributed by atoms with Crippen LogP contribution in [0.4, 0.5) is 4.79 Å². The number of urea groups is 1. The molecule has 6 nitrogen and oxygen atoms in total. The molecule has 2 amide bonds. The monoisotopic (exact) mass is 322 g/mol. The van der Waals surface area contributed by atoms with Gasteiger partial charge in [0.05, 0.1) is 4.90 Å². The fourth-order valence-electron chi connectivity index (χ4n) is 1.07. The number of carbonyl (C=O) groups is 1. The fraction of sp³-hybridized carbons (Fsp3) is 0.417. The van der Waals surface area contributed by atoms with Crippen molar-refractivity contribution in [3.05, 3.63) is 29.3 Å². The molecule has 0 radical (unpaired) electrons. The van der Waals surface area contributed by atoms with E-state index in [-0.39, 0.29) is 11.5 Å². The summed E-state index contributed by atoms with van der Waals surface area (Å²) in [5, 5.41) is 10.4. The number of halogens is 1. The minimum absolute atomic E-state index is 0.00597. The van der Waals surface area contributed by atoms with Crippen molar-refractivity contribution < 1.29 is 18.3 Å². The number of sulfonamides is 1. The quantitative estimate of drug-likeness (QED) is 0.786. The van der Waals surface area contributed by atoms with Crippen LogP contribution in [-0.2, 0) is 10.0 Å². The van der Waals surface area contributed by atoms with Gasteiger partial charge in [0, 0.05) is 18.2 Å². The predicted molar refractivity (Wildman–Crippen MR) is 78.2 cm³/mol. The van der Waals surface area contributed by atoms with Crippen LogP contribution in [0.5, 0.6) is 0 Å². The van der Waals surface area contributed by atoms with E-state index in [0.717, 1.165) is 6.42 Å². The zero-order valence-corrected chi connectivity index (χ0v) is 13.0. The first kappa shape index (κ1) is 18.7. The maximum Gasteiger partial charge on any atom is 0.328 e. The van der Waals surface area contributed by atoms with Crippen molar-refractivity contribution >= 4 is 27.7 Å². The summed E-state index contributed by atoms with van der Waals surface area (Å²) in [6.07, 6.45) is 0.731. The zero-order valence-electron chi connectivity index (χ0n) is 11.4. The SMILES string of the molecule is CCCNC(=O)NS(=O)(=O)c1ccc(Cl)cc1.CCO. The van der Waals surface area contributed by atoms with Crippen molar-refractivity contribution in [2.24, 2.45) is 0 Å². The summed E-state index contributed by atoms with van der Waals surface area (Å²) in [6, 6.07) is 4.82. The highest BCUT2D eigenvalue weighted by Gasteiger charge is 2.16. The molecule has 1 aromatic rings. The van der Waals surface area contributed by atoms with Gasteiger partial charge in [0.2, 0.25) is 0 Å². The normalized spacial score (nSPS) is 10.2. The third-order valence-corrected chi connectivity index (χ3v) is 3.49. The molecular weight excluding hydrogens is 304 g/mol. The second-order valence-corrected chi connectivity index (χ2v) is 5.75. The molecule has 114 valence electrons. The van der Waals surface area contributed by atoms with Crippen LogP contribution in [0.15, 0.2) is 29.2 Å². The van der Waals surface area contributed by atoms with E-state index in [9.17, 15) is 13.2 Å². The maximum atomic E-state index is 11.7. The number of aliphatic hydroxyl groups is 1. The second-order valence-electron chi connectivity index (χ2n) is 3.63. The number of amides is 2. The maximum absolute atomic E-state index is 11.7. The van der Waals surface area contributed by atoms with E-state index in [4.69, 9.17) is 16.7 Å². The van der Waals surface area contributed by atoms with E-state index in [0.29, 0.717) is 11.6 Å². The molecule has 0 saturated carbocycles. The van der Waals surface area contributed by atoms with Crippen molar-refractivity contribution in [1.29, 1.82) is 0 Å². The van der Waals surface area contributed by atoms with Crippen molar-refractivity contribution in [1.82, 2.24) is 10.0 Å². The molecule has 20 heavy (non-hydrogen) atoms. The molecule has 0 saturated heterocycles. The lowest BCUT2D eigenvalue weighted by Crippen LogP contribution is -2.39. The Morgan fingerprint density at radius 2 is 1.75 bits per heavy atom. The molecule has 0 aromatic heterocycles. The highest BCUT2D eigenvalue weighted by Crippen LogP contribution is 2.13. The molecule has 0 spiro atoms. The summed E-state index contributed by atoms with van der Waals surface area (Å²) in [5.41, 5.74) is 0. The lowest BCUT2D eigenvalue weighted by atomic mass is 10.4. The number of nitrogens with one attached hydrogen (secondary N) is 2. The second kappa shape index (κ2) is 9.57. The van der Waals surface area contributed by atoms with Gasteiger partial charge in [-0.15, -0.1) is 0 Å². The van der Waals surface area contributed by atoms with Crippen LogP contribution in [0.1, 0.15) is 20.3 Å². The molecule has 1 rings (SSSR count). The third kappa shape index (κ3) is 7.32. The number of hydrogen-bond donors (Lipinski definition) is 3. The van der Waals surface area contributed by atoms with E-state index < -0.39 is 16.1 Å². The van der Waals surface area contributed by atoms with Crippen LogP contribution in [-0.4, -0.2) is 32.7 Å². The molecular formula is C12H19ClN2O4S. The first-order valence-electron chi connectivity index (χ1n) is 6.04. The van der Waals surface area contributed by atoms with Gasteiger partial charge in [-0.2, -0.15) is 0 Å². The van der Waals surface area contributed by atoms with Crippen LogP contribution in [0.3, 0.4) is 0 Å². The average Bonchev–Trinajstić information content (AvgIpc) is 2.37. The Hall–Kier alpha value is -1.31. The topological polar surface area (TPSA) is 95.5 Å². The van der Waals surface area contributed by atoms with Gasteiger partial charge < -0.3 is 10.4 Å². The van der Waals surface area contributed by atoms with Gasteiger partial charge in [0.15, 0.2) is 0 Å². The molecule has 0 unspecified atom stereocenters. The largest absolute Gasteiger partial charge is 0.397 e. The Labute approximate surface area is 124 Å². The Kier molecular flexibility index (Phi) is 8.94. The van der Waals surface area contributed by atoms with Crippen LogP contribution in [0, 0.1) is 0 Å². The van der Waals surface area contributed by atoms with Gasteiger partial charge in [-0.3, -0.25) is 0 Å². The van der Waals surface area contributed by atoms with Crippen molar-refractivity contribution in [2.75, 3.05) is 13.2 Å². The summed E-state index contributed by atoms with van der Waals surface area (Å²) < 4.78 is 25.3.